The normalized spacial score (nSPS) is 10.4. The van der Waals surface area contributed by atoms with Crippen LogP contribution in [0.3, 0.4) is 0 Å². The lowest BCUT2D eigenvalue weighted by atomic mass is 9.91. The van der Waals surface area contributed by atoms with E-state index in [0.717, 1.165) is 59.6 Å². The zero-order chi connectivity index (χ0) is 29.3. The summed E-state index contributed by atoms with van der Waals surface area (Å²) >= 11 is 2.40. The first-order valence-corrected chi connectivity index (χ1v) is 15.2. The second kappa shape index (κ2) is 13.9. The highest BCUT2D eigenvalue weighted by Crippen LogP contribution is 2.35. The smallest absolute Gasteiger partial charge is 0.119 e. The number of rotatable bonds is 8. The number of ether oxygens (including phenoxy) is 2. The van der Waals surface area contributed by atoms with Crippen molar-refractivity contribution < 1.29 is 9.47 Å². The van der Waals surface area contributed by atoms with Gasteiger partial charge >= 0.3 is 0 Å². The Morgan fingerprint density at radius 1 is 0.465 bits per heavy atom. The maximum atomic E-state index is 6.05. The number of halogens is 1. The molecule has 6 rings (SSSR count). The van der Waals surface area contributed by atoms with Crippen LogP contribution >= 0.6 is 22.6 Å². The molecule has 0 amide bonds. The third kappa shape index (κ3) is 7.54. The quantitative estimate of drug-likeness (QED) is 0.119. The molecule has 0 spiro atoms. The van der Waals surface area contributed by atoms with Crippen LogP contribution in [0.5, 0.6) is 11.5 Å². The molecule has 0 saturated heterocycles. The van der Waals surface area contributed by atoms with Gasteiger partial charge in [-0.1, -0.05) is 115 Å². The van der Waals surface area contributed by atoms with Crippen LogP contribution in [0.1, 0.15) is 22.3 Å². The van der Waals surface area contributed by atoms with Crippen molar-refractivity contribution in [3.05, 3.63) is 177 Å². The molecule has 0 radical (unpaired) electrons. The van der Waals surface area contributed by atoms with E-state index in [1.807, 2.05) is 91.0 Å². The van der Waals surface area contributed by atoms with E-state index in [-0.39, 0.29) is 0 Å². The molecule has 2 nitrogen and oxygen atoms in total. The Morgan fingerprint density at radius 3 is 1.33 bits per heavy atom. The fourth-order valence-electron chi connectivity index (χ4n) is 4.80. The van der Waals surface area contributed by atoms with Gasteiger partial charge in [0.1, 0.15) is 24.7 Å². The molecule has 0 aliphatic rings. The third-order valence-electron chi connectivity index (χ3n) is 7.04. The van der Waals surface area contributed by atoms with Crippen molar-refractivity contribution >= 4 is 22.6 Å². The van der Waals surface area contributed by atoms with Crippen molar-refractivity contribution in [2.45, 2.75) is 13.2 Å². The molecule has 6 aromatic carbocycles. The van der Waals surface area contributed by atoms with Crippen molar-refractivity contribution in [1.29, 1.82) is 0 Å². The van der Waals surface area contributed by atoms with Gasteiger partial charge in [-0.15, -0.1) is 0 Å². The minimum Gasteiger partial charge on any atom is -0.489 e. The van der Waals surface area contributed by atoms with Gasteiger partial charge in [0.25, 0.3) is 0 Å². The molecule has 0 N–H and O–H groups in total. The average molecular weight is 669 g/mol. The summed E-state index contributed by atoms with van der Waals surface area (Å²) in [5.74, 6) is 8.60. The maximum Gasteiger partial charge on any atom is 0.119 e. The Morgan fingerprint density at radius 2 is 0.884 bits per heavy atom. The van der Waals surface area contributed by atoms with E-state index in [1.165, 1.54) is 0 Å². The second-order valence-electron chi connectivity index (χ2n) is 10.1. The van der Waals surface area contributed by atoms with E-state index in [9.17, 15) is 0 Å². The van der Waals surface area contributed by atoms with E-state index >= 15 is 0 Å². The van der Waals surface area contributed by atoms with Crippen molar-refractivity contribution in [1.82, 2.24) is 0 Å². The van der Waals surface area contributed by atoms with Crippen molar-refractivity contribution in [3.63, 3.8) is 0 Å². The Bertz CT molecular complexity index is 1730. The monoisotopic (exact) mass is 668 g/mol. The Hall–Kier alpha value is -4.79. The standard InChI is InChI=1S/C40H29IO2/c41-35-26-39(33-17-21-36(22-18-33)42-28-31-12-6-2-7-13-31)38(25-16-30-10-4-1-5-11-30)40(27-35)34-19-23-37(24-20-34)43-29-32-14-8-3-9-15-32/h1-15,17-24,26-27H,28-29H2. The molecule has 0 atom stereocenters. The van der Waals surface area contributed by atoms with Gasteiger partial charge in [-0.2, -0.15) is 0 Å². The zero-order valence-electron chi connectivity index (χ0n) is 23.5. The van der Waals surface area contributed by atoms with Crippen LogP contribution in [0.15, 0.2) is 152 Å². The molecule has 6 aromatic rings. The highest BCUT2D eigenvalue weighted by molar-refractivity contribution is 14.1. The van der Waals surface area contributed by atoms with Crippen LogP contribution in [0.4, 0.5) is 0 Å². The SMILES string of the molecule is Ic1cc(-c2ccc(OCc3ccccc3)cc2)c(C#Cc2ccccc2)c(-c2ccc(OCc3ccccc3)cc2)c1. The van der Waals surface area contributed by atoms with Crippen molar-refractivity contribution in [2.75, 3.05) is 0 Å². The van der Waals surface area contributed by atoms with E-state index in [4.69, 9.17) is 9.47 Å². The third-order valence-corrected chi connectivity index (χ3v) is 7.66. The average Bonchev–Trinajstić information content (AvgIpc) is 3.07. The molecule has 0 aliphatic carbocycles. The highest BCUT2D eigenvalue weighted by Gasteiger charge is 2.13. The van der Waals surface area contributed by atoms with Crippen LogP contribution in [0, 0.1) is 15.4 Å². The molecule has 208 valence electrons. The Balaban J connectivity index is 1.32. The first-order chi connectivity index (χ1) is 21.2. The molecule has 3 heteroatoms. The molecule has 0 heterocycles. The van der Waals surface area contributed by atoms with Gasteiger partial charge in [0.05, 0.1) is 0 Å². The molecule has 0 unspecified atom stereocenters. The van der Waals surface area contributed by atoms with E-state index in [1.54, 1.807) is 0 Å². The van der Waals surface area contributed by atoms with Gasteiger partial charge in [0.2, 0.25) is 0 Å². The molecule has 43 heavy (non-hydrogen) atoms. The first-order valence-electron chi connectivity index (χ1n) is 14.2. The summed E-state index contributed by atoms with van der Waals surface area (Å²) in [5.41, 5.74) is 8.60. The summed E-state index contributed by atoms with van der Waals surface area (Å²) in [6.07, 6.45) is 0. The second-order valence-corrected chi connectivity index (χ2v) is 11.3. The molecule has 0 fully saturated rings. The fraction of sp³-hybridized carbons (Fsp3) is 0.0500. The van der Waals surface area contributed by atoms with Gasteiger partial charge in [-0.25, -0.2) is 0 Å². The van der Waals surface area contributed by atoms with E-state index in [2.05, 4.69) is 95.1 Å². The largest absolute Gasteiger partial charge is 0.489 e. The van der Waals surface area contributed by atoms with Gasteiger partial charge in [-0.05, 0) is 105 Å². The number of hydrogen-bond donors (Lipinski definition) is 0. The minimum absolute atomic E-state index is 0.534. The Labute approximate surface area is 267 Å². The predicted molar refractivity (Wildman–Crippen MR) is 184 cm³/mol. The summed E-state index contributed by atoms with van der Waals surface area (Å²) in [5, 5.41) is 0. The zero-order valence-corrected chi connectivity index (χ0v) is 25.7. The first kappa shape index (κ1) is 28.3. The summed E-state index contributed by atoms with van der Waals surface area (Å²) in [6, 6.07) is 51.5. The molecular formula is C40H29IO2. The lowest BCUT2D eigenvalue weighted by molar-refractivity contribution is 0.306. The Kier molecular flexibility index (Phi) is 9.17. The van der Waals surface area contributed by atoms with E-state index in [0.29, 0.717) is 13.2 Å². The minimum atomic E-state index is 0.534. The number of hydrogen-bond acceptors (Lipinski definition) is 2. The van der Waals surface area contributed by atoms with Gasteiger partial charge in [-0.3, -0.25) is 0 Å². The summed E-state index contributed by atoms with van der Waals surface area (Å²) in [6.45, 7) is 1.07. The topological polar surface area (TPSA) is 18.5 Å². The lowest BCUT2D eigenvalue weighted by Gasteiger charge is -2.14. The predicted octanol–water partition coefficient (Wildman–Crippen LogP) is 10.2. The molecule has 0 saturated carbocycles. The van der Waals surface area contributed by atoms with Crippen LogP contribution in [-0.4, -0.2) is 0 Å². The number of benzene rings is 6. The van der Waals surface area contributed by atoms with Gasteiger partial charge < -0.3 is 9.47 Å². The summed E-state index contributed by atoms with van der Waals surface area (Å²) in [4.78, 5) is 0. The summed E-state index contributed by atoms with van der Waals surface area (Å²) in [7, 11) is 0. The lowest BCUT2D eigenvalue weighted by Crippen LogP contribution is -1.96. The van der Waals surface area contributed by atoms with E-state index < -0.39 is 0 Å². The highest BCUT2D eigenvalue weighted by atomic mass is 127. The molecule has 0 aromatic heterocycles. The fourth-order valence-corrected chi connectivity index (χ4v) is 5.42. The van der Waals surface area contributed by atoms with Crippen molar-refractivity contribution in [3.8, 4) is 45.6 Å². The van der Waals surface area contributed by atoms with Crippen LogP contribution in [-0.2, 0) is 13.2 Å². The molecule has 0 bridgehead atoms. The van der Waals surface area contributed by atoms with Gasteiger partial charge in [0.15, 0.2) is 0 Å². The van der Waals surface area contributed by atoms with Gasteiger partial charge in [0, 0.05) is 14.7 Å². The summed E-state index contributed by atoms with van der Waals surface area (Å²) < 4.78 is 13.2. The van der Waals surface area contributed by atoms with Crippen LogP contribution in [0.2, 0.25) is 0 Å². The van der Waals surface area contributed by atoms with Crippen LogP contribution < -0.4 is 9.47 Å². The molecule has 0 aliphatic heterocycles. The molecular weight excluding hydrogens is 639 g/mol. The maximum absolute atomic E-state index is 6.05. The van der Waals surface area contributed by atoms with Crippen molar-refractivity contribution in [2.24, 2.45) is 0 Å². The van der Waals surface area contributed by atoms with Crippen LogP contribution in [0.25, 0.3) is 22.3 Å².